The second kappa shape index (κ2) is 10.5. The highest BCUT2D eigenvalue weighted by atomic mass is 19.1. The van der Waals surface area contributed by atoms with Crippen LogP contribution in [-0.4, -0.2) is 13.2 Å². The minimum absolute atomic E-state index is 0.300. The summed E-state index contributed by atoms with van der Waals surface area (Å²) in [5.74, 6) is -0.00238. The van der Waals surface area contributed by atoms with E-state index in [2.05, 4.69) is 19.2 Å². The van der Waals surface area contributed by atoms with E-state index in [0.717, 1.165) is 18.5 Å². The van der Waals surface area contributed by atoms with Crippen molar-refractivity contribution in [2.45, 2.75) is 71.3 Å². The van der Waals surface area contributed by atoms with Crippen LogP contribution in [0.1, 0.15) is 65.2 Å². The summed E-state index contributed by atoms with van der Waals surface area (Å²) in [6, 6.07) is 5.56. The fourth-order valence-electron chi connectivity index (χ4n) is 2.56. The summed E-state index contributed by atoms with van der Waals surface area (Å²) in [6.07, 6.45) is 9.79. The summed E-state index contributed by atoms with van der Waals surface area (Å²) in [4.78, 5) is 0. The number of rotatable bonds is 11. The topological polar surface area (TPSA) is 21.3 Å². The van der Waals surface area contributed by atoms with Crippen molar-refractivity contribution >= 4 is 5.69 Å². The van der Waals surface area contributed by atoms with Crippen LogP contribution in [-0.2, 0) is 0 Å². The van der Waals surface area contributed by atoms with Gasteiger partial charge >= 0.3 is 0 Å². The molecule has 0 saturated heterocycles. The quantitative estimate of drug-likeness (QED) is 0.523. The van der Waals surface area contributed by atoms with Gasteiger partial charge < -0.3 is 10.1 Å². The number of ether oxygens (including phenoxy) is 1. The highest BCUT2D eigenvalue weighted by Crippen LogP contribution is 2.23. The molecule has 0 heterocycles. The van der Waals surface area contributed by atoms with Gasteiger partial charge in [0.1, 0.15) is 0 Å². The fourth-order valence-corrected chi connectivity index (χ4v) is 2.56. The molecule has 0 saturated carbocycles. The maximum atomic E-state index is 13.7. The Bertz CT molecular complexity index is 385. The van der Waals surface area contributed by atoms with Crippen LogP contribution in [0.5, 0.6) is 5.75 Å². The molecule has 3 heteroatoms. The molecule has 0 aromatic heterocycles. The molecule has 0 bridgehead atoms. The highest BCUT2D eigenvalue weighted by Gasteiger charge is 2.10. The van der Waals surface area contributed by atoms with Crippen LogP contribution in [0.3, 0.4) is 0 Å². The molecular formula is C18H30FNO. The summed E-state index contributed by atoms with van der Waals surface area (Å²) in [7, 11) is 1.49. The van der Waals surface area contributed by atoms with Crippen molar-refractivity contribution in [1.29, 1.82) is 0 Å². The summed E-state index contributed by atoms with van der Waals surface area (Å²) in [5.41, 5.74) is 0.853. The van der Waals surface area contributed by atoms with Crippen LogP contribution in [0.25, 0.3) is 0 Å². The van der Waals surface area contributed by atoms with Gasteiger partial charge in [0.25, 0.3) is 0 Å². The Morgan fingerprint density at radius 2 is 1.67 bits per heavy atom. The third kappa shape index (κ3) is 6.83. The van der Waals surface area contributed by atoms with E-state index in [1.54, 1.807) is 6.07 Å². The van der Waals surface area contributed by atoms with E-state index in [9.17, 15) is 4.39 Å². The van der Waals surface area contributed by atoms with Gasteiger partial charge in [-0.3, -0.25) is 0 Å². The lowest BCUT2D eigenvalue weighted by Gasteiger charge is -2.20. The number of unbranched alkanes of at least 4 members (excludes halogenated alkanes) is 4. The van der Waals surface area contributed by atoms with Crippen LogP contribution in [0, 0.1) is 5.82 Å². The monoisotopic (exact) mass is 295 g/mol. The molecule has 0 unspecified atom stereocenters. The van der Waals surface area contributed by atoms with Crippen molar-refractivity contribution in [2.75, 3.05) is 12.4 Å². The predicted molar refractivity (Wildman–Crippen MR) is 88.6 cm³/mol. The lowest BCUT2D eigenvalue weighted by Crippen LogP contribution is -2.19. The first-order valence-corrected chi connectivity index (χ1v) is 8.31. The maximum Gasteiger partial charge on any atom is 0.167 e. The Labute approximate surface area is 129 Å². The van der Waals surface area contributed by atoms with E-state index in [1.165, 1.54) is 51.7 Å². The second-order valence-electron chi connectivity index (χ2n) is 5.68. The van der Waals surface area contributed by atoms with Crippen molar-refractivity contribution < 1.29 is 9.13 Å². The fraction of sp³-hybridized carbons (Fsp3) is 0.667. The van der Waals surface area contributed by atoms with Gasteiger partial charge in [-0.05, 0) is 25.0 Å². The molecule has 0 amide bonds. The molecule has 1 aromatic carbocycles. The van der Waals surface area contributed by atoms with Crippen LogP contribution in [0.15, 0.2) is 18.2 Å². The van der Waals surface area contributed by atoms with E-state index in [4.69, 9.17) is 4.74 Å². The van der Waals surface area contributed by atoms with E-state index in [-0.39, 0.29) is 5.82 Å². The maximum absolute atomic E-state index is 13.7. The van der Waals surface area contributed by atoms with Crippen LogP contribution >= 0.6 is 0 Å². The number of anilines is 1. The minimum atomic E-state index is -0.302. The second-order valence-corrected chi connectivity index (χ2v) is 5.68. The van der Waals surface area contributed by atoms with E-state index < -0.39 is 0 Å². The number of hydrogen-bond acceptors (Lipinski definition) is 2. The average Bonchev–Trinajstić information content (AvgIpc) is 2.48. The van der Waals surface area contributed by atoms with Gasteiger partial charge in [0.05, 0.1) is 7.11 Å². The van der Waals surface area contributed by atoms with Gasteiger partial charge in [-0.15, -0.1) is 0 Å². The zero-order valence-electron chi connectivity index (χ0n) is 13.8. The molecule has 1 rings (SSSR count). The zero-order chi connectivity index (χ0) is 15.5. The summed E-state index contributed by atoms with van der Waals surface area (Å²) in [5, 5.41) is 3.49. The summed E-state index contributed by atoms with van der Waals surface area (Å²) in [6.45, 7) is 4.44. The van der Waals surface area contributed by atoms with Crippen molar-refractivity contribution in [3.8, 4) is 5.75 Å². The zero-order valence-corrected chi connectivity index (χ0v) is 13.8. The van der Waals surface area contributed by atoms with E-state index in [1.807, 2.05) is 6.07 Å². The molecule has 0 atom stereocenters. The number of hydrogen-bond donors (Lipinski definition) is 1. The molecular weight excluding hydrogens is 265 g/mol. The lowest BCUT2D eigenvalue weighted by molar-refractivity contribution is 0.386. The smallest absolute Gasteiger partial charge is 0.167 e. The summed E-state index contributed by atoms with van der Waals surface area (Å²) >= 11 is 0. The normalized spacial score (nSPS) is 10.9. The largest absolute Gasteiger partial charge is 0.494 e. The molecule has 0 aliphatic carbocycles. The van der Waals surface area contributed by atoms with Gasteiger partial charge in [-0.2, -0.15) is 0 Å². The highest BCUT2D eigenvalue weighted by molar-refractivity contribution is 5.47. The van der Waals surface area contributed by atoms with Gasteiger partial charge in [0.15, 0.2) is 11.6 Å². The molecule has 1 N–H and O–H groups in total. The molecule has 0 aliphatic rings. The van der Waals surface area contributed by atoms with Gasteiger partial charge in [-0.1, -0.05) is 52.4 Å². The van der Waals surface area contributed by atoms with Crippen LogP contribution in [0.4, 0.5) is 10.1 Å². The van der Waals surface area contributed by atoms with E-state index >= 15 is 0 Å². The number of halogens is 1. The Hall–Kier alpha value is -1.25. The van der Waals surface area contributed by atoms with Crippen LogP contribution in [0.2, 0.25) is 0 Å². The number of benzene rings is 1. The van der Waals surface area contributed by atoms with Crippen LogP contribution < -0.4 is 10.1 Å². The van der Waals surface area contributed by atoms with Gasteiger partial charge in [0, 0.05) is 17.8 Å². The number of nitrogens with one attached hydrogen (secondary N) is 1. The molecule has 21 heavy (non-hydrogen) atoms. The third-order valence-corrected chi connectivity index (χ3v) is 3.83. The SMILES string of the molecule is CCCCCC(CCCCC)Nc1ccc(OC)c(F)c1. The first-order chi connectivity index (χ1) is 10.2. The van der Waals surface area contributed by atoms with Crippen molar-refractivity contribution in [3.63, 3.8) is 0 Å². The third-order valence-electron chi connectivity index (χ3n) is 3.83. The number of methoxy groups -OCH3 is 1. The Kier molecular flexibility index (Phi) is 8.88. The molecule has 2 nitrogen and oxygen atoms in total. The minimum Gasteiger partial charge on any atom is -0.494 e. The molecule has 0 spiro atoms. The lowest BCUT2D eigenvalue weighted by atomic mass is 10.0. The molecule has 1 aromatic rings. The molecule has 120 valence electrons. The molecule has 0 radical (unpaired) electrons. The van der Waals surface area contributed by atoms with Crippen molar-refractivity contribution in [2.24, 2.45) is 0 Å². The summed E-state index contributed by atoms with van der Waals surface area (Å²) < 4.78 is 18.7. The van der Waals surface area contributed by atoms with Gasteiger partial charge in [-0.25, -0.2) is 4.39 Å². The molecule has 0 fully saturated rings. The van der Waals surface area contributed by atoms with Crippen molar-refractivity contribution in [1.82, 2.24) is 0 Å². The first kappa shape index (κ1) is 17.8. The predicted octanol–water partition coefficient (Wildman–Crippen LogP) is 5.78. The van der Waals surface area contributed by atoms with Gasteiger partial charge in [0.2, 0.25) is 0 Å². The standard InChI is InChI=1S/C18H30FNO/c1-4-6-8-10-15(11-9-7-5-2)20-16-12-13-18(21-3)17(19)14-16/h12-15,20H,4-11H2,1-3H3. The Morgan fingerprint density at radius 3 is 2.14 bits per heavy atom. The molecule has 0 aliphatic heterocycles. The van der Waals surface area contributed by atoms with E-state index in [0.29, 0.717) is 11.8 Å². The average molecular weight is 295 g/mol. The van der Waals surface area contributed by atoms with Crippen molar-refractivity contribution in [3.05, 3.63) is 24.0 Å². The Morgan fingerprint density at radius 1 is 1.05 bits per heavy atom. The Balaban J connectivity index is 2.58. The first-order valence-electron chi connectivity index (χ1n) is 8.31.